The lowest BCUT2D eigenvalue weighted by Gasteiger charge is -2.14. The molecule has 9 heteroatoms. The van der Waals surface area contributed by atoms with Gasteiger partial charge in [0.15, 0.2) is 0 Å². The molecule has 3 amide bonds. The number of carbonyl (C=O) groups excluding carboxylic acids is 3. The lowest BCUT2D eigenvalue weighted by molar-refractivity contribution is -0.127. The van der Waals surface area contributed by atoms with Crippen LogP contribution in [0.4, 0.5) is 10.5 Å². The molecule has 0 spiro atoms. The lowest BCUT2D eigenvalue weighted by Crippen LogP contribution is -2.36. The average molecular weight is 564 g/mol. The second kappa shape index (κ2) is 10.7. The fourth-order valence-electron chi connectivity index (χ4n) is 4.35. The Morgan fingerprint density at radius 2 is 1.82 bits per heavy atom. The smallest absolute Gasteiger partial charge is 0.294 e. The largest absolute Gasteiger partial charge is 0.342 e. The summed E-state index contributed by atoms with van der Waals surface area (Å²) in [4.78, 5) is 39.7. The van der Waals surface area contributed by atoms with Crippen LogP contribution in [0.25, 0.3) is 17.0 Å². The van der Waals surface area contributed by atoms with E-state index in [1.54, 1.807) is 24.3 Å². The number of amides is 3. The number of nitrogens with zero attached hydrogens (tertiary/aromatic N) is 2. The first-order chi connectivity index (χ1) is 18.2. The monoisotopic (exact) mass is 563 g/mol. The summed E-state index contributed by atoms with van der Waals surface area (Å²) in [6.07, 6.45) is 3.63. The van der Waals surface area contributed by atoms with Gasteiger partial charge in [0.25, 0.3) is 11.1 Å². The molecule has 0 aliphatic carbocycles. The van der Waals surface area contributed by atoms with Gasteiger partial charge in [0.05, 0.1) is 4.91 Å². The molecule has 1 aromatic heterocycles. The number of nitrogens with one attached hydrogen (secondary N) is 1. The summed E-state index contributed by atoms with van der Waals surface area (Å²) in [5.41, 5.74) is 5.28. The van der Waals surface area contributed by atoms with Crippen molar-refractivity contribution in [3.63, 3.8) is 0 Å². The number of aromatic nitrogens is 1. The minimum atomic E-state index is -0.492. The molecule has 4 aromatic rings. The van der Waals surface area contributed by atoms with Crippen LogP contribution in [0.3, 0.4) is 0 Å². The number of aryl methyl sites for hydroxylation is 1. The molecule has 192 valence electrons. The Balaban J connectivity index is 1.38. The highest BCUT2D eigenvalue weighted by atomic mass is 35.5. The summed E-state index contributed by atoms with van der Waals surface area (Å²) < 4.78 is 2.04. The van der Waals surface area contributed by atoms with Crippen LogP contribution in [-0.4, -0.2) is 33.1 Å². The maximum Gasteiger partial charge on any atom is 0.294 e. The van der Waals surface area contributed by atoms with Crippen molar-refractivity contribution in [2.24, 2.45) is 0 Å². The number of imide groups is 1. The first kappa shape index (κ1) is 26.1. The predicted molar refractivity (Wildman–Crippen MR) is 155 cm³/mol. The van der Waals surface area contributed by atoms with Gasteiger partial charge >= 0.3 is 0 Å². The molecule has 0 unspecified atom stereocenters. The van der Waals surface area contributed by atoms with Crippen molar-refractivity contribution in [3.05, 3.63) is 104 Å². The summed E-state index contributed by atoms with van der Waals surface area (Å²) in [7, 11) is 0. The molecule has 0 bridgehead atoms. The number of rotatable bonds is 6. The van der Waals surface area contributed by atoms with E-state index >= 15 is 0 Å². The Morgan fingerprint density at radius 1 is 1.03 bits per heavy atom. The van der Waals surface area contributed by atoms with Gasteiger partial charge in [-0.05, 0) is 72.6 Å². The van der Waals surface area contributed by atoms with Gasteiger partial charge in [0.2, 0.25) is 5.91 Å². The summed E-state index contributed by atoms with van der Waals surface area (Å²) in [5.74, 6) is -0.924. The standard InChI is InChI=1S/C29H23Cl2N3O3S/c1-17-6-5-8-24(18(17)2)32-27(35)16-34-28(36)26(38-29(34)37)12-20-15-33(25-9-4-3-7-22(20)25)14-19-10-11-21(30)13-23(19)31/h3-13,15H,14,16H2,1-2H3,(H,32,35)/b26-12+. The normalized spacial score (nSPS) is 14.6. The van der Waals surface area contributed by atoms with Gasteiger partial charge in [-0.15, -0.1) is 0 Å². The van der Waals surface area contributed by atoms with Crippen LogP contribution in [0.15, 0.2) is 71.8 Å². The predicted octanol–water partition coefficient (Wildman–Crippen LogP) is 7.29. The maximum atomic E-state index is 13.1. The number of thioether (sulfide) groups is 1. The van der Waals surface area contributed by atoms with E-state index in [0.29, 0.717) is 22.3 Å². The van der Waals surface area contributed by atoms with Crippen LogP contribution in [0.1, 0.15) is 22.3 Å². The van der Waals surface area contributed by atoms with E-state index in [1.165, 1.54) is 0 Å². The molecular weight excluding hydrogens is 541 g/mol. The van der Waals surface area contributed by atoms with Gasteiger partial charge in [-0.1, -0.05) is 59.6 Å². The van der Waals surface area contributed by atoms with Crippen LogP contribution in [0.5, 0.6) is 0 Å². The van der Waals surface area contributed by atoms with Crippen molar-refractivity contribution in [1.29, 1.82) is 0 Å². The van der Waals surface area contributed by atoms with Gasteiger partial charge in [0.1, 0.15) is 6.54 Å². The minimum Gasteiger partial charge on any atom is -0.342 e. The first-order valence-electron chi connectivity index (χ1n) is 11.8. The van der Waals surface area contributed by atoms with E-state index in [1.807, 2.05) is 67.1 Å². The molecular formula is C29H23Cl2N3O3S. The first-order valence-corrected chi connectivity index (χ1v) is 13.4. The third kappa shape index (κ3) is 5.23. The SMILES string of the molecule is Cc1cccc(NC(=O)CN2C(=O)S/C(=C/c3cn(Cc4ccc(Cl)cc4Cl)c4ccccc34)C2=O)c1C. The Morgan fingerprint density at radius 3 is 2.61 bits per heavy atom. The molecule has 1 aliphatic rings. The zero-order chi connectivity index (χ0) is 27.0. The van der Waals surface area contributed by atoms with E-state index in [4.69, 9.17) is 23.2 Å². The number of halogens is 2. The zero-order valence-electron chi connectivity index (χ0n) is 20.6. The van der Waals surface area contributed by atoms with E-state index < -0.39 is 17.1 Å². The summed E-state index contributed by atoms with van der Waals surface area (Å²) >= 11 is 13.3. The van der Waals surface area contributed by atoms with Crippen molar-refractivity contribution in [2.75, 3.05) is 11.9 Å². The zero-order valence-corrected chi connectivity index (χ0v) is 23.0. The lowest BCUT2D eigenvalue weighted by atomic mass is 10.1. The second-order valence-corrected chi connectivity index (χ2v) is 10.9. The van der Waals surface area contributed by atoms with E-state index in [0.717, 1.165) is 49.8 Å². The van der Waals surface area contributed by atoms with E-state index in [-0.39, 0.29) is 11.4 Å². The molecule has 1 saturated heterocycles. The molecule has 5 rings (SSSR count). The van der Waals surface area contributed by atoms with Gasteiger partial charge in [0, 0.05) is 44.9 Å². The van der Waals surface area contributed by atoms with Crippen LogP contribution in [-0.2, 0) is 16.1 Å². The number of fused-ring (bicyclic) bond motifs is 1. The fraction of sp³-hybridized carbons (Fsp3) is 0.138. The summed E-state index contributed by atoms with van der Waals surface area (Å²) in [6.45, 7) is 4.01. The Labute approximate surface area is 234 Å². The molecule has 0 atom stereocenters. The average Bonchev–Trinajstić information content (AvgIpc) is 3.35. The molecule has 38 heavy (non-hydrogen) atoms. The molecule has 1 N–H and O–H groups in total. The quantitative estimate of drug-likeness (QED) is 0.250. The van der Waals surface area contributed by atoms with Crippen molar-refractivity contribution < 1.29 is 14.4 Å². The van der Waals surface area contributed by atoms with Gasteiger partial charge in [-0.25, -0.2) is 0 Å². The van der Waals surface area contributed by atoms with Gasteiger partial charge in [-0.3, -0.25) is 19.3 Å². The molecule has 2 heterocycles. The van der Waals surface area contributed by atoms with Gasteiger partial charge < -0.3 is 9.88 Å². The summed E-state index contributed by atoms with van der Waals surface area (Å²) in [5, 5.41) is 4.39. The molecule has 1 aliphatic heterocycles. The van der Waals surface area contributed by atoms with Crippen molar-refractivity contribution in [1.82, 2.24) is 9.47 Å². The molecule has 6 nitrogen and oxygen atoms in total. The van der Waals surface area contributed by atoms with Crippen LogP contribution in [0.2, 0.25) is 10.0 Å². The number of hydrogen-bond acceptors (Lipinski definition) is 4. The van der Waals surface area contributed by atoms with Crippen LogP contribution >= 0.6 is 35.0 Å². The van der Waals surface area contributed by atoms with E-state index in [9.17, 15) is 14.4 Å². The molecule has 0 saturated carbocycles. The highest BCUT2D eigenvalue weighted by Gasteiger charge is 2.36. The fourth-order valence-corrected chi connectivity index (χ4v) is 5.65. The van der Waals surface area contributed by atoms with Crippen molar-refractivity contribution in [3.8, 4) is 0 Å². The van der Waals surface area contributed by atoms with Crippen LogP contribution < -0.4 is 5.32 Å². The number of carbonyl (C=O) groups is 3. The third-order valence-electron chi connectivity index (χ3n) is 6.52. The molecule has 1 fully saturated rings. The minimum absolute atomic E-state index is 0.266. The Kier molecular flexibility index (Phi) is 7.34. The van der Waals surface area contributed by atoms with E-state index in [2.05, 4.69) is 5.32 Å². The van der Waals surface area contributed by atoms with Gasteiger partial charge in [-0.2, -0.15) is 0 Å². The highest BCUT2D eigenvalue weighted by molar-refractivity contribution is 8.18. The second-order valence-electron chi connectivity index (χ2n) is 9.03. The topological polar surface area (TPSA) is 71.4 Å². The highest BCUT2D eigenvalue weighted by Crippen LogP contribution is 2.34. The molecule has 3 aromatic carbocycles. The Bertz CT molecular complexity index is 1640. The number of para-hydroxylation sites is 1. The number of benzene rings is 3. The number of hydrogen-bond donors (Lipinski definition) is 1. The summed E-state index contributed by atoms with van der Waals surface area (Å²) in [6, 6.07) is 18.8. The van der Waals surface area contributed by atoms with Crippen molar-refractivity contribution in [2.45, 2.75) is 20.4 Å². The Hall–Kier alpha value is -3.52. The van der Waals surface area contributed by atoms with Crippen LogP contribution in [0, 0.1) is 13.8 Å². The van der Waals surface area contributed by atoms with Crippen molar-refractivity contribution >= 4 is 74.7 Å². The molecule has 0 radical (unpaired) electrons. The third-order valence-corrected chi connectivity index (χ3v) is 8.01. The maximum absolute atomic E-state index is 13.1. The number of anilines is 1.